The van der Waals surface area contributed by atoms with Crippen molar-refractivity contribution in [2.24, 2.45) is 0 Å². The van der Waals surface area contributed by atoms with E-state index in [0.717, 1.165) is 44.6 Å². The summed E-state index contributed by atoms with van der Waals surface area (Å²) in [6.45, 7) is 2.09. The summed E-state index contributed by atoms with van der Waals surface area (Å²) < 4.78 is 0. The maximum atomic E-state index is 4.91. The summed E-state index contributed by atoms with van der Waals surface area (Å²) in [5.74, 6) is 0.624. The van der Waals surface area contributed by atoms with E-state index in [9.17, 15) is 0 Å². The summed E-state index contributed by atoms with van der Waals surface area (Å²) in [6.07, 6.45) is 5.44. The third-order valence-electron chi connectivity index (χ3n) is 5.89. The van der Waals surface area contributed by atoms with E-state index in [1.807, 2.05) is 49.6 Å². The number of fused-ring (bicyclic) bond motifs is 2. The predicted molar refractivity (Wildman–Crippen MR) is 135 cm³/mol. The molecule has 5 heterocycles. The Morgan fingerprint density at radius 2 is 1.82 bits per heavy atom. The number of hydrogen-bond donors (Lipinski definition) is 2. The molecule has 5 aromatic heterocycles. The SMILES string of the molecule is Cc1cccc(-c2ccnc3nc(-c4n[nH]c5ccc(-c6cncc(N(C)C)c6)nc45)[nH]c23)c1. The van der Waals surface area contributed by atoms with Crippen LogP contribution in [-0.2, 0) is 0 Å². The fourth-order valence-corrected chi connectivity index (χ4v) is 4.11. The van der Waals surface area contributed by atoms with Crippen molar-refractivity contribution >= 4 is 27.9 Å². The molecule has 8 heteroatoms. The molecule has 6 rings (SSSR count). The number of benzene rings is 1. The number of rotatable bonds is 4. The number of anilines is 1. The van der Waals surface area contributed by atoms with Crippen molar-refractivity contribution in [3.8, 4) is 33.9 Å². The van der Waals surface area contributed by atoms with Crippen molar-refractivity contribution in [3.05, 3.63) is 72.7 Å². The quantitative estimate of drug-likeness (QED) is 0.395. The second kappa shape index (κ2) is 7.77. The second-order valence-electron chi connectivity index (χ2n) is 8.50. The highest BCUT2D eigenvalue weighted by atomic mass is 15.2. The molecule has 0 amide bonds. The second-order valence-corrected chi connectivity index (χ2v) is 8.50. The van der Waals surface area contributed by atoms with E-state index in [0.29, 0.717) is 17.2 Å². The van der Waals surface area contributed by atoms with Crippen molar-refractivity contribution in [1.82, 2.24) is 35.1 Å². The molecule has 2 N–H and O–H groups in total. The number of pyridine rings is 3. The number of nitrogens with zero attached hydrogens (tertiary/aromatic N) is 6. The summed E-state index contributed by atoms with van der Waals surface area (Å²) >= 11 is 0. The van der Waals surface area contributed by atoms with Gasteiger partial charge in [0.1, 0.15) is 5.52 Å². The summed E-state index contributed by atoms with van der Waals surface area (Å²) in [4.78, 5) is 24.0. The molecule has 0 atom stereocenters. The monoisotopic (exact) mass is 446 g/mol. The standard InChI is InChI=1S/C26H22N8/c1-15-5-4-6-16(11-15)19-9-10-28-25-22(19)30-26(31-25)24-23-21(32-33-24)8-7-20(29-23)17-12-18(34(2)3)14-27-13-17/h4-14H,1-3H3,(H,32,33)(H,28,30,31). The zero-order valence-corrected chi connectivity index (χ0v) is 19.0. The summed E-state index contributed by atoms with van der Waals surface area (Å²) in [5, 5.41) is 7.60. The van der Waals surface area contributed by atoms with Gasteiger partial charge in [0, 0.05) is 37.6 Å². The number of H-pyrrole nitrogens is 2. The van der Waals surface area contributed by atoms with E-state index in [2.05, 4.69) is 62.4 Å². The zero-order valence-electron chi connectivity index (χ0n) is 19.0. The van der Waals surface area contributed by atoms with Crippen LogP contribution in [0.15, 0.2) is 67.1 Å². The highest BCUT2D eigenvalue weighted by Crippen LogP contribution is 2.31. The maximum absolute atomic E-state index is 4.91. The van der Waals surface area contributed by atoms with Gasteiger partial charge in [0.15, 0.2) is 17.2 Å². The number of aromatic amines is 2. The third-order valence-corrected chi connectivity index (χ3v) is 5.89. The van der Waals surface area contributed by atoms with Crippen LogP contribution in [0, 0.1) is 6.92 Å². The Morgan fingerprint density at radius 3 is 2.68 bits per heavy atom. The van der Waals surface area contributed by atoms with Crippen LogP contribution in [0.3, 0.4) is 0 Å². The lowest BCUT2D eigenvalue weighted by Crippen LogP contribution is -2.08. The summed E-state index contributed by atoms with van der Waals surface area (Å²) in [7, 11) is 3.98. The van der Waals surface area contributed by atoms with E-state index < -0.39 is 0 Å². The average Bonchev–Trinajstić information content (AvgIpc) is 3.47. The Balaban J connectivity index is 1.48. The molecule has 0 aliphatic rings. The van der Waals surface area contributed by atoms with E-state index in [1.54, 1.807) is 6.20 Å². The predicted octanol–water partition coefficient (Wildman–Crippen LogP) is 5.00. The first-order valence-electron chi connectivity index (χ1n) is 11.0. The Hall–Kier alpha value is -4.59. The molecule has 6 aromatic rings. The van der Waals surface area contributed by atoms with E-state index in [-0.39, 0.29) is 0 Å². The van der Waals surface area contributed by atoms with Crippen LogP contribution >= 0.6 is 0 Å². The van der Waals surface area contributed by atoms with Gasteiger partial charge in [-0.25, -0.2) is 15.0 Å². The molecular formula is C26H22N8. The first kappa shape index (κ1) is 20.0. The van der Waals surface area contributed by atoms with Gasteiger partial charge in [0.2, 0.25) is 0 Å². The minimum atomic E-state index is 0.624. The fraction of sp³-hybridized carbons (Fsp3) is 0.115. The van der Waals surface area contributed by atoms with Crippen molar-refractivity contribution in [1.29, 1.82) is 0 Å². The normalized spacial score (nSPS) is 11.4. The van der Waals surface area contributed by atoms with Gasteiger partial charge >= 0.3 is 0 Å². The minimum absolute atomic E-state index is 0.624. The van der Waals surface area contributed by atoms with E-state index >= 15 is 0 Å². The number of nitrogens with one attached hydrogen (secondary N) is 2. The zero-order chi connectivity index (χ0) is 23.2. The van der Waals surface area contributed by atoms with Crippen molar-refractivity contribution in [3.63, 3.8) is 0 Å². The fourth-order valence-electron chi connectivity index (χ4n) is 4.11. The van der Waals surface area contributed by atoms with Crippen LogP contribution in [0.1, 0.15) is 5.56 Å². The number of aryl methyl sites for hydroxylation is 1. The van der Waals surface area contributed by atoms with Crippen LogP contribution in [0.2, 0.25) is 0 Å². The molecule has 8 nitrogen and oxygen atoms in total. The number of aromatic nitrogens is 7. The van der Waals surface area contributed by atoms with Gasteiger partial charge in [-0.2, -0.15) is 5.10 Å². The van der Waals surface area contributed by atoms with Gasteiger partial charge < -0.3 is 9.88 Å². The number of hydrogen-bond acceptors (Lipinski definition) is 6. The molecule has 0 aliphatic carbocycles. The molecule has 0 spiro atoms. The first-order chi connectivity index (χ1) is 16.6. The van der Waals surface area contributed by atoms with E-state index in [1.165, 1.54) is 5.56 Å². The van der Waals surface area contributed by atoms with Gasteiger partial charge in [-0.05, 0) is 36.8 Å². The first-order valence-corrected chi connectivity index (χ1v) is 11.0. The molecule has 0 radical (unpaired) electrons. The van der Waals surface area contributed by atoms with Gasteiger partial charge in [-0.3, -0.25) is 10.1 Å². The van der Waals surface area contributed by atoms with Crippen molar-refractivity contribution in [2.75, 3.05) is 19.0 Å². The maximum Gasteiger partial charge on any atom is 0.178 e. The van der Waals surface area contributed by atoms with E-state index in [4.69, 9.17) is 9.97 Å². The highest BCUT2D eigenvalue weighted by molar-refractivity contribution is 5.95. The van der Waals surface area contributed by atoms with Crippen LogP contribution in [-0.4, -0.2) is 49.2 Å². The Kier molecular flexibility index (Phi) is 4.58. The topological polar surface area (TPSA) is 99.3 Å². The molecule has 0 saturated carbocycles. The van der Waals surface area contributed by atoms with Crippen LogP contribution in [0.5, 0.6) is 0 Å². The molecule has 166 valence electrons. The van der Waals surface area contributed by atoms with Crippen molar-refractivity contribution < 1.29 is 0 Å². The Morgan fingerprint density at radius 1 is 0.912 bits per heavy atom. The van der Waals surface area contributed by atoms with Crippen LogP contribution in [0.4, 0.5) is 5.69 Å². The lowest BCUT2D eigenvalue weighted by molar-refractivity contribution is 1.10. The molecule has 0 bridgehead atoms. The van der Waals surface area contributed by atoms with Crippen LogP contribution in [0.25, 0.3) is 56.1 Å². The van der Waals surface area contributed by atoms with Gasteiger partial charge in [-0.15, -0.1) is 0 Å². The molecule has 1 aromatic carbocycles. The smallest absolute Gasteiger partial charge is 0.178 e. The van der Waals surface area contributed by atoms with Crippen LogP contribution < -0.4 is 4.90 Å². The molecule has 34 heavy (non-hydrogen) atoms. The van der Waals surface area contributed by atoms with Crippen molar-refractivity contribution in [2.45, 2.75) is 6.92 Å². The average molecular weight is 447 g/mol. The molecule has 0 aliphatic heterocycles. The molecule has 0 saturated heterocycles. The summed E-state index contributed by atoms with van der Waals surface area (Å²) in [5.41, 5.74) is 9.88. The lowest BCUT2D eigenvalue weighted by atomic mass is 10.0. The lowest BCUT2D eigenvalue weighted by Gasteiger charge is -2.12. The largest absolute Gasteiger partial charge is 0.376 e. The molecule has 0 unspecified atom stereocenters. The highest BCUT2D eigenvalue weighted by Gasteiger charge is 2.17. The Bertz CT molecular complexity index is 1660. The molecular weight excluding hydrogens is 424 g/mol. The Labute approximate surface area is 195 Å². The van der Waals surface area contributed by atoms with Gasteiger partial charge in [0.25, 0.3) is 0 Å². The third kappa shape index (κ3) is 3.36. The van der Waals surface area contributed by atoms with Gasteiger partial charge in [-0.1, -0.05) is 29.8 Å². The van der Waals surface area contributed by atoms with Gasteiger partial charge in [0.05, 0.1) is 28.6 Å². The minimum Gasteiger partial charge on any atom is -0.376 e. The number of imidazole rings is 1. The summed E-state index contributed by atoms with van der Waals surface area (Å²) in [6, 6.07) is 16.4. The molecule has 0 fully saturated rings.